The maximum atomic E-state index is 3.16. The van der Waals surface area contributed by atoms with E-state index in [2.05, 4.69) is 154 Å². The first-order valence-corrected chi connectivity index (χ1v) is 17.8. The van der Waals surface area contributed by atoms with Crippen LogP contribution < -0.4 is 24.8 Å². The number of fused-ring (bicyclic) bond motifs is 5. The Labute approximate surface area is 312 Å². The Kier molecular flexibility index (Phi) is 12.7. The van der Waals surface area contributed by atoms with Gasteiger partial charge in [-0.1, -0.05) is 89.3 Å². The zero-order valence-electron chi connectivity index (χ0n) is 30.0. The van der Waals surface area contributed by atoms with Gasteiger partial charge in [0.25, 0.3) is 0 Å². The fraction of sp³-hybridized carbons (Fsp3) is 0.364. The molecule has 0 unspecified atom stereocenters. The fourth-order valence-electron chi connectivity index (χ4n) is 6.74. The van der Waals surface area contributed by atoms with Crippen LogP contribution in [0.5, 0.6) is 0 Å². The third kappa shape index (κ3) is 8.53. The smallest absolute Gasteiger partial charge is 1.00 e. The molecule has 4 aromatic carbocycles. The van der Waals surface area contributed by atoms with Crippen molar-refractivity contribution >= 4 is 35.9 Å². The van der Waals surface area contributed by atoms with Gasteiger partial charge in [-0.2, -0.15) is 11.6 Å². The van der Waals surface area contributed by atoms with E-state index in [0.29, 0.717) is 5.41 Å². The van der Waals surface area contributed by atoms with Crippen LogP contribution in [0.15, 0.2) is 90.5 Å². The minimum atomic E-state index is 0. The molecular weight excluding hydrogens is 691 g/mol. The summed E-state index contributed by atoms with van der Waals surface area (Å²) in [5.74, 6) is 0. The Bertz CT molecular complexity index is 1790. The van der Waals surface area contributed by atoms with E-state index in [4.69, 9.17) is 0 Å². The number of hydrogen-bond acceptors (Lipinski definition) is 0. The van der Waals surface area contributed by atoms with E-state index in [1.807, 2.05) is 6.07 Å². The van der Waals surface area contributed by atoms with Gasteiger partial charge in [0, 0.05) is 0 Å². The van der Waals surface area contributed by atoms with Gasteiger partial charge < -0.3 is 24.8 Å². The number of allylic oxidation sites excluding steroid dienone is 8. The molecule has 3 aliphatic rings. The molecule has 0 saturated heterocycles. The largest absolute Gasteiger partial charge is 1.00 e. The molecule has 0 aliphatic heterocycles. The first-order valence-electron chi connectivity index (χ1n) is 16.5. The quantitative estimate of drug-likeness (QED) is 0.199. The molecule has 0 bridgehead atoms. The van der Waals surface area contributed by atoms with E-state index in [1.54, 1.807) is 0 Å². The molecule has 0 amide bonds. The average Bonchev–Trinajstić information content (AvgIpc) is 3.66. The molecule has 246 valence electrons. The van der Waals surface area contributed by atoms with Crippen LogP contribution in [0.2, 0.25) is 0 Å². The van der Waals surface area contributed by atoms with Gasteiger partial charge in [0.05, 0.1) is 0 Å². The maximum Gasteiger partial charge on any atom is -1.00 e. The van der Waals surface area contributed by atoms with Gasteiger partial charge in [-0.15, -0.1) is 46.2 Å². The molecular formula is C44H50Cl2Zr-2. The van der Waals surface area contributed by atoms with Gasteiger partial charge in [0.15, 0.2) is 0 Å². The maximum absolute atomic E-state index is 3.16. The SMILES string of the molecule is CC(C)(C)C1=CC[C-]=C1.CC1=CCC(C)(C)c2cc3[cH-]c4cc5c(cc4c3cc21)C(C)=CCC5(C)C.C[C](=[Zr+2])c1ccccc1.[Cl-].[Cl-]. The third-order valence-corrected chi connectivity index (χ3v) is 10.6. The Morgan fingerprint density at radius 1 is 0.745 bits per heavy atom. The number of benzene rings is 3. The van der Waals surface area contributed by atoms with E-state index in [1.165, 1.54) is 93.5 Å². The van der Waals surface area contributed by atoms with Crippen molar-refractivity contribution in [3.8, 4) is 0 Å². The van der Waals surface area contributed by atoms with Gasteiger partial charge in [-0.25, -0.2) is 6.08 Å². The van der Waals surface area contributed by atoms with Crippen molar-refractivity contribution in [3.63, 3.8) is 0 Å². The Morgan fingerprint density at radius 2 is 1.21 bits per heavy atom. The molecule has 0 nitrogen and oxygen atoms in total. The van der Waals surface area contributed by atoms with Crippen molar-refractivity contribution in [3.05, 3.63) is 124 Å². The second-order valence-corrected chi connectivity index (χ2v) is 17.4. The van der Waals surface area contributed by atoms with E-state index < -0.39 is 0 Å². The normalized spacial score (nSPS) is 16.9. The predicted octanol–water partition coefficient (Wildman–Crippen LogP) is 6.38. The Balaban J connectivity index is 0.000000248. The molecule has 7 rings (SSSR count). The van der Waals surface area contributed by atoms with Crippen molar-refractivity contribution in [1.29, 1.82) is 0 Å². The standard InChI is InChI=1S/C27H29.C9H13.C8H8.2ClH.Zr/c1-16-7-9-26(3,4)24-12-18-11-19-13-25-21(17(2)8-10-27(25,5)6)15-23(19)22(18)14-20(16)24;1-9(2,3)8-6-4-5-7-8;1-2-8-6-4-3-5-7-8;;;/h7-8,11-15H,9-10H2,1-6H3;6-7H,4H2,1-3H3;3-7H,1H3;2*1H;/q2*-1;;;;+2/p-2. The molecule has 0 spiro atoms. The van der Waals surface area contributed by atoms with Crippen LogP contribution in [-0.4, -0.2) is 3.21 Å². The number of hydrogen-bond donors (Lipinski definition) is 0. The summed E-state index contributed by atoms with van der Waals surface area (Å²) in [6.07, 6.45) is 15.6. The second kappa shape index (κ2) is 15.2. The van der Waals surface area contributed by atoms with Gasteiger partial charge >= 0.3 is 70.3 Å². The molecule has 3 aliphatic carbocycles. The first-order chi connectivity index (χ1) is 21.1. The van der Waals surface area contributed by atoms with Gasteiger partial charge in [0.2, 0.25) is 0 Å². The van der Waals surface area contributed by atoms with Crippen LogP contribution in [0.4, 0.5) is 0 Å². The molecule has 4 aromatic rings. The van der Waals surface area contributed by atoms with Crippen LogP contribution in [0, 0.1) is 11.5 Å². The fourth-order valence-corrected chi connectivity index (χ4v) is 7.15. The zero-order valence-corrected chi connectivity index (χ0v) is 33.9. The molecule has 47 heavy (non-hydrogen) atoms. The van der Waals surface area contributed by atoms with Crippen molar-refractivity contribution in [1.82, 2.24) is 0 Å². The van der Waals surface area contributed by atoms with Crippen molar-refractivity contribution in [2.45, 2.75) is 99.3 Å². The minimum Gasteiger partial charge on any atom is -1.00 e. The summed E-state index contributed by atoms with van der Waals surface area (Å²) in [5.41, 5.74) is 12.3. The second-order valence-electron chi connectivity index (χ2n) is 15.5. The van der Waals surface area contributed by atoms with Gasteiger partial charge in [-0.05, 0) is 59.8 Å². The minimum absolute atomic E-state index is 0. The molecule has 3 heteroatoms. The summed E-state index contributed by atoms with van der Waals surface area (Å²) in [7, 11) is 0. The Hall–Kier alpha value is -2.18. The summed E-state index contributed by atoms with van der Waals surface area (Å²) in [6.45, 7) is 22.9. The van der Waals surface area contributed by atoms with Crippen molar-refractivity contribution in [2.75, 3.05) is 0 Å². The van der Waals surface area contributed by atoms with Gasteiger partial charge in [-0.3, -0.25) is 6.08 Å². The molecule has 0 atom stereocenters. The number of halogens is 2. The third-order valence-electron chi connectivity index (χ3n) is 9.90. The average molecular weight is 741 g/mol. The summed E-state index contributed by atoms with van der Waals surface area (Å²) in [4.78, 5) is 0. The summed E-state index contributed by atoms with van der Waals surface area (Å²) < 4.78 is 1.46. The van der Waals surface area contributed by atoms with Crippen molar-refractivity contribution < 1.29 is 49.0 Å². The van der Waals surface area contributed by atoms with E-state index in [9.17, 15) is 0 Å². The Morgan fingerprint density at radius 3 is 1.55 bits per heavy atom. The summed E-state index contributed by atoms with van der Waals surface area (Å²) in [5, 5.41) is 5.61. The molecule has 0 fully saturated rings. The van der Waals surface area contributed by atoms with Crippen LogP contribution in [0.3, 0.4) is 0 Å². The van der Waals surface area contributed by atoms with Crippen LogP contribution in [0.25, 0.3) is 32.7 Å². The molecule has 0 N–H and O–H groups in total. The summed E-state index contributed by atoms with van der Waals surface area (Å²) >= 11 is 1.51. The van der Waals surface area contributed by atoms with E-state index in [0.717, 1.165) is 19.3 Å². The van der Waals surface area contributed by atoms with Gasteiger partial charge in [0.1, 0.15) is 0 Å². The van der Waals surface area contributed by atoms with Crippen molar-refractivity contribution in [2.24, 2.45) is 5.41 Å². The zero-order chi connectivity index (χ0) is 32.7. The topological polar surface area (TPSA) is 0 Å². The monoisotopic (exact) mass is 738 g/mol. The van der Waals surface area contributed by atoms with E-state index >= 15 is 0 Å². The van der Waals surface area contributed by atoms with Crippen LogP contribution >= 0.6 is 0 Å². The number of rotatable bonds is 1. The van der Waals surface area contributed by atoms with Crippen LogP contribution in [0.1, 0.15) is 116 Å². The predicted molar refractivity (Wildman–Crippen MR) is 196 cm³/mol. The summed E-state index contributed by atoms with van der Waals surface area (Å²) in [6, 6.07) is 22.7. The molecule has 0 saturated carbocycles. The molecule has 0 radical (unpaired) electrons. The van der Waals surface area contributed by atoms with Crippen LogP contribution in [-0.2, 0) is 35.1 Å². The molecule has 0 aromatic heterocycles. The first kappa shape index (κ1) is 39.3. The van der Waals surface area contributed by atoms with E-state index in [-0.39, 0.29) is 35.6 Å². The molecule has 0 heterocycles.